The number of imidazole rings is 1. The highest BCUT2D eigenvalue weighted by Crippen LogP contribution is 2.24. The van der Waals surface area contributed by atoms with E-state index in [1.54, 1.807) is 11.8 Å². The summed E-state index contributed by atoms with van der Waals surface area (Å²) in [6.45, 7) is 9.28. The SMILES string of the molecule is CCOC(=O)c1[nH]c(CCN(C(=O)OC(C)(C)C)C2CCOCC2)nc1-c1ccccc1. The van der Waals surface area contributed by atoms with Crippen molar-refractivity contribution in [3.05, 3.63) is 41.9 Å². The van der Waals surface area contributed by atoms with E-state index < -0.39 is 11.6 Å². The Morgan fingerprint density at radius 3 is 2.50 bits per heavy atom. The summed E-state index contributed by atoms with van der Waals surface area (Å²) in [5.74, 6) is 0.172. The van der Waals surface area contributed by atoms with E-state index in [2.05, 4.69) is 9.97 Å². The first-order valence-electron chi connectivity index (χ1n) is 11.2. The van der Waals surface area contributed by atoms with Crippen LogP contribution >= 0.6 is 0 Å². The van der Waals surface area contributed by atoms with Gasteiger partial charge < -0.3 is 24.1 Å². The van der Waals surface area contributed by atoms with Crippen molar-refractivity contribution >= 4 is 12.1 Å². The van der Waals surface area contributed by atoms with Gasteiger partial charge in [0.25, 0.3) is 0 Å². The van der Waals surface area contributed by atoms with Crippen LogP contribution in [0.3, 0.4) is 0 Å². The van der Waals surface area contributed by atoms with Gasteiger partial charge in [0.15, 0.2) is 5.69 Å². The third-order valence-electron chi connectivity index (χ3n) is 5.13. The van der Waals surface area contributed by atoms with Gasteiger partial charge in [-0.2, -0.15) is 0 Å². The number of nitrogens with one attached hydrogen (secondary N) is 1. The molecule has 0 radical (unpaired) electrons. The summed E-state index contributed by atoms with van der Waals surface area (Å²) in [7, 11) is 0. The van der Waals surface area contributed by atoms with Crippen molar-refractivity contribution in [1.29, 1.82) is 0 Å². The molecule has 1 fully saturated rings. The number of aromatic nitrogens is 2. The minimum absolute atomic E-state index is 0.0479. The average molecular weight is 444 g/mol. The van der Waals surface area contributed by atoms with Crippen LogP contribution in [0.15, 0.2) is 30.3 Å². The van der Waals surface area contributed by atoms with Crippen molar-refractivity contribution in [2.75, 3.05) is 26.4 Å². The second kappa shape index (κ2) is 10.6. The van der Waals surface area contributed by atoms with Crippen LogP contribution in [0.4, 0.5) is 4.79 Å². The Bertz CT molecular complexity index is 898. The van der Waals surface area contributed by atoms with Gasteiger partial charge in [0.1, 0.15) is 17.1 Å². The predicted molar refractivity (Wildman–Crippen MR) is 120 cm³/mol. The first-order chi connectivity index (χ1) is 15.3. The Morgan fingerprint density at radius 1 is 1.19 bits per heavy atom. The molecule has 174 valence electrons. The number of amides is 1. The second-order valence-corrected chi connectivity index (χ2v) is 8.76. The average Bonchev–Trinajstić information content (AvgIpc) is 3.19. The van der Waals surface area contributed by atoms with Crippen molar-refractivity contribution in [2.24, 2.45) is 0 Å². The van der Waals surface area contributed by atoms with Crippen LogP contribution in [0.2, 0.25) is 0 Å². The van der Waals surface area contributed by atoms with Crippen molar-refractivity contribution in [3.8, 4) is 11.3 Å². The molecule has 1 amide bonds. The van der Waals surface area contributed by atoms with Gasteiger partial charge >= 0.3 is 12.1 Å². The fourth-order valence-electron chi connectivity index (χ4n) is 3.66. The molecule has 1 aromatic heterocycles. The Balaban J connectivity index is 1.81. The highest BCUT2D eigenvalue weighted by atomic mass is 16.6. The third kappa shape index (κ3) is 6.32. The van der Waals surface area contributed by atoms with E-state index in [0.29, 0.717) is 43.4 Å². The van der Waals surface area contributed by atoms with Gasteiger partial charge in [0.05, 0.1) is 6.61 Å². The number of rotatable bonds is 7. The molecule has 2 heterocycles. The maximum Gasteiger partial charge on any atom is 0.410 e. The quantitative estimate of drug-likeness (QED) is 0.644. The molecule has 32 heavy (non-hydrogen) atoms. The molecule has 3 rings (SSSR count). The fraction of sp³-hybridized carbons (Fsp3) is 0.542. The molecule has 2 aromatic rings. The van der Waals surface area contributed by atoms with E-state index in [1.165, 1.54) is 0 Å². The van der Waals surface area contributed by atoms with E-state index in [1.807, 2.05) is 51.1 Å². The van der Waals surface area contributed by atoms with Crippen LogP contribution in [-0.4, -0.2) is 64.9 Å². The minimum atomic E-state index is -0.581. The van der Waals surface area contributed by atoms with E-state index in [0.717, 1.165) is 18.4 Å². The predicted octanol–water partition coefficient (Wildman–Crippen LogP) is 4.21. The lowest BCUT2D eigenvalue weighted by molar-refractivity contribution is -0.00538. The lowest BCUT2D eigenvalue weighted by Gasteiger charge is -2.35. The number of carbonyl (C=O) groups is 2. The first kappa shape index (κ1) is 23.8. The van der Waals surface area contributed by atoms with Crippen molar-refractivity contribution in [1.82, 2.24) is 14.9 Å². The number of nitrogens with zero attached hydrogens (tertiary/aromatic N) is 2. The molecule has 8 nitrogen and oxygen atoms in total. The van der Waals surface area contributed by atoms with Crippen LogP contribution in [0.5, 0.6) is 0 Å². The van der Waals surface area contributed by atoms with Crippen LogP contribution < -0.4 is 0 Å². The number of esters is 1. The Kier molecular flexibility index (Phi) is 7.90. The molecule has 0 atom stereocenters. The molecule has 1 aliphatic heterocycles. The monoisotopic (exact) mass is 443 g/mol. The summed E-state index contributed by atoms with van der Waals surface area (Å²) in [6.07, 6.45) is 1.64. The van der Waals surface area contributed by atoms with Gasteiger partial charge in [0, 0.05) is 37.8 Å². The summed E-state index contributed by atoms with van der Waals surface area (Å²) in [4.78, 5) is 35.0. The molecular formula is C24H33N3O5. The van der Waals surface area contributed by atoms with Crippen LogP contribution in [0.1, 0.15) is 56.8 Å². The largest absolute Gasteiger partial charge is 0.461 e. The molecule has 0 saturated carbocycles. The number of hydrogen-bond acceptors (Lipinski definition) is 6. The lowest BCUT2D eigenvalue weighted by atomic mass is 10.1. The number of aromatic amines is 1. The second-order valence-electron chi connectivity index (χ2n) is 8.76. The Hall–Kier alpha value is -2.87. The maximum absolute atomic E-state index is 12.9. The van der Waals surface area contributed by atoms with Gasteiger partial charge in [0.2, 0.25) is 0 Å². The summed E-state index contributed by atoms with van der Waals surface area (Å²) >= 11 is 0. The topological polar surface area (TPSA) is 93.8 Å². The molecule has 8 heteroatoms. The molecular weight excluding hydrogens is 410 g/mol. The highest BCUT2D eigenvalue weighted by Gasteiger charge is 2.30. The summed E-state index contributed by atoms with van der Waals surface area (Å²) < 4.78 is 16.3. The van der Waals surface area contributed by atoms with E-state index >= 15 is 0 Å². The van der Waals surface area contributed by atoms with Crippen molar-refractivity contribution < 1.29 is 23.8 Å². The molecule has 0 aliphatic carbocycles. The molecule has 1 N–H and O–H groups in total. The van der Waals surface area contributed by atoms with Gasteiger partial charge in [-0.1, -0.05) is 30.3 Å². The number of H-pyrrole nitrogens is 1. The molecule has 0 spiro atoms. The third-order valence-corrected chi connectivity index (χ3v) is 5.13. The smallest absolute Gasteiger partial charge is 0.410 e. The van der Waals surface area contributed by atoms with E-state index in [-0.39, 0.29) is 18.7 Å². The van der Waals surface area contributed by atoms with Crippen LogP contribution in [0, 0.1) is 0 Å². The number of hydrogen-bond donors (Lipinski definition) is 1. The number of benzene rings is 1. The number of ether oxygens (including phenoxy) is 3. The van der Waals surface area contributed by atoms with E-state index in [9.17, 15) is 9.59 Å². The van der Waals surface area contributed by atoms with Crippen molar-refractivity contribution in [3.63, 3.8) is 0 Å². The standard InChI is InChI=1S/C24H33N3O5/c1-5-31-22(28)21-20(17-9-7-6-8-10-17)25-19(26-21)11-14-27(18-12-15-30-16-13-18)23(29)32-24(2,3)4/h6-10,18H,5,11-16H2,1-4H3,(H,25,26). The lowest BCUT2D eigenvalue weighted by Crippen LogP contribution is -2.46. The zero-order valence-corrected chi connectivity index (χ0v) is 19.3. The number of carbonyl (C=O) groups excluding carboxylic acids is 2. The molecule has 1 aliphatic rings. The maximum atomic E-state index is 12.9. The highest BCUT2D eigenvalue weighted by molar-refractivity contribution is 5.94. The molecule has 1 saturated heterocycles. The summed E-state index contributed by atoms with van der Waals surface area (Å²) in [6, 6.07) is 9.55. The summed E-state index contributed by atoms with van der Waals surface area (Å²) in [5, 5.41) is 0. The summed E-state index contributed by atoms with van der Waals surface area (Å²) in [5.41, 5.74) is 1.12. The normalized spacial score (nSPS) is 14.8. The van der Waals surface area contributed by atoms with Crippen LogP contribution in [0.25, 0.3) is 11.3 Å². The van der Waals surface area contributed by atoms with Crippen molar-refractivity contribution in [2.45, 2.75) is 58.6 Å². The zero-order chi connectivity index (χ0) is 23.1. The molecule has 1 aromatic carbocycles. The minimum Gasteiger partial charge on any atom is -0.461 e. The van der Waals surface area contributed by atoms with Gasteiger partial charge in [-0.3, -0.25) is 0 Å². The first-order valence-corrected chi connectivity index (χ1v) is 11.2. The van der Waals surface area contributed by atoms with Crippen LogP contribution in [-0.2, 0) is 20.6 Å². The van der Waals surface area contributed by atoms with E-state index in [4.69, 9.17) is 14.2 Å². The Morgan fingerprint density at radius 2 is 1.88 bits per heavy atom. The van der Waals surface area contributed by atoms with Gasteiger partial charge in [-0.05, 0) is 40.5 Å². The van der Waals surface area contributed by atoms with Gasteiger partial charge in [-0.25, -0.2) is 14.6 Å². The van der Waals surface area contributed by atoms with Gasteiger partial charge in [-0.15, -0.1) is 0 Å². The molecule has 0 unspecified atom stereocenters. The fourth-order valence-corrected chi connectivity index (χ4v) is 3.66. The Labute approximate surface area is 189 Å². The molecule has 0 bridgehead atoms. The zero-order valence-electron chi connectivity index (χ0n) is 19.3.